The first kappa shape index (κ1) is 12.4. The smallest absolute Gasteiger partial charge is 0.150 e. The molecule has 0 unspecified atom stereocenters. The van der Waals surface area contributed by atoms with Gasteiger partial charge in [0.15, 0.2) is 0 Å². The molecule has 0 atom stereocenters. The molecule has 19 heavy (non-hydrogen) atoms. The fourth-order valence-corrected chi connectivity index (χ4v) is 3.15. The maximum Gasteiger partial charge on any atom is 0.150 e. The molecule has 3 nitrogen and oxygen atoms in total. The molecule has 3 aromatic rings. The zero-order chi connectivity index (χ0) is 13.2. The lowest BCUT2D eigenvalue weighted by Crippen LogP contribution is -1.93. The normalized spacial score (nSPS) is 10.8. The molecular formula is C14H11ClN2OS. The van der Waals surface area contributed by atoms with Gasteiger partial charge in [-0.2, -0.15) is 0 Å². The summed E-state index contributed by atoms with van der Waals surface area (Å²) < 4.78 is 6.58. The highest BCUT2D eigenvalue weighted by Crippen LogP contribution is 2.39. The molecule has 0 N–H and O–H groups in total. The Hall–Kier alpha value is -1.65. The zero-order valence-electron chi connectivity index (χ0n) is 10.3. The summed E-state index contributed by atoms with van der Waals surface area (Å²) in [4.78, 5) is 8.35. The van der Waals surface area contributed by atoms with Gasteiger partial charge in [-0.25, -0.2) is 9.97 Å². The van der Waals surface area contributed by atoms with Crippen molar-refractivity contribution >= 4 is 33.2 Å². The molecule has 96 valence electrons. The number of benzene rings is 1. The van der Waals surface area contributed by atoms with Gasteiger partial charge in [-0.15, -0.1) is 11.3 Å². The Labute approximate surface area is 119 Å². The van der Waals surface area contributed by atoms with Gasteiger partial charge in [-0.3, -0.25) is 0 Å². The Balaban J connectivity index is 2.22. The SMILES string of the molecule is CCOc1ccccc1-c1csc2c(Cl)ncnc12. The second-order valence-electron chi connectivity index (χ2n) is 3.92. The van der Waals surface area contributed by atoms with Crippen LogP contribution in [0.2, 0.25) is 5.15 Å². The van der Waals surface area contributed by atoms with E-state index >= 15 is 0 Å². The van der Waals surface area contributed by atoms with Crippen LogP contribution in [0.25, 0.3) is 21.3 Å². The van der Waals surface area contributed by atoms with Crippen molar-refractivity contribution in [1.29, 1.82) is 0 Å². The maximum absolute atomic E-state index is 6.09. The van der Waals surface area contributed by atoms with Gasteiger partial charge in [0.05, 0.1) is 16.8 Å². The van der Waals surface area contributed by atoms with Crippen molar-refractivity contribution in [3.8, 4) is 16.9 Å². The van der Waals surface area contributed by atoms with Crippen LogP contribution in [0.1, 0.15) is 6.92 Å². The third kappa shape index (κ3) is 2.17. The van der Waals surface area contributed by atoms with E-state index in [1.165, 1.54) is 6.33 Å². The van der Waals surface area contributed by atoms with E-state index in [9.17, 15) is 0 Å². The maximum atomic E-state index is 6.09. The van der Waals surface area contributed by atoms with Crippen LogP contribution < -0.4 is 4.74 Å². The van der Waals surface area contributed by atoms with Crippen molar-refractivity contribution in [2.75, 3.05) is 6.61 Å². The largest absolute Gasteiger partial charge is 0.493 e. The summed E-state index contributed by atoms with van der Waals surface area (Å²) >= 11 is 7.64. The van der Waals surface area contributed by atoms with Crippen LogP contribution in [-0.2, 0) is 0 Å². The van der Waals surface area contributed by atoms with Crippen LogP contribution in [0.4, 0.5) is 0 Å². The molecule has 5 heteroatoms. The molecule has 0 amide bonds. The second kappa shape index (κ2) is 5.15. The van der Waals surface area contributed by atoms with Crippen molar-refractivity contribution in [3.63, 3.8) is 0 Å². The number of hydrogen-bond acceptors (Lipinski definition) is 4. The Morgan fingerprint density at radius 3 is 2.89 bits per heavy atom. The lowest BCUT2D eigenvalue weighted by atomic mass is 10.1. The molecule has 2 aromatic heterocycles. The average molecular weight is 291 g/mol. The van der Waals surface area contributed by atoms with E-state index in [1.54, 1.807) is 11.3 Å². The lowest BCUT2D eigenvalue weighted by Gasteiger charge is -2.08. The van der Waals surface area contributed by atoms with Gasteiger partial charge in [-0.1, -0.05) is 29.8 Å². The van der Waals surface area contributed by atoms with E-state index in [0.717, 1.165) is 27.1 Å². The molecule has 0 radical (unpaired) electrons. The molecule has 0 aliphatic carbocycles. The quantitative estimate of drug-likeness (QED) is 0.670. The molecule has 1 aromatic carbocycles. The Morgan fingerprint density at radius 1 is 1.21 bits per heavy atom. The summed E-state index contributed by atoms with van der Waals surface area (Å²) in [6.45, 7) is 2.61. The Kier molecular flexibility index (Phi) is 3.36. The first-order chi connectivity index (χ1) is 9.31. The number of rotatable bonds is 3. The molecule has 0 spiro atoms. The van der Waals surface area contributed by atoms with Gasteiger partial charge in [0.25, 0.3) is 0 Å². The topological polar surface area (TPSA) is 35.0 Å². The van der Waals surface area contributed by atoms with E-state index in [4.69, 9.17) is 16.3 Å². The molecule has 0 fully saturated rings. The molecule has 3 rings (SSSR count). The number of hydrogen-bond donors (Lipinski definition) is 0. The average Bonchev–Trinajstić information content (AvgIpc) is 2.85. The van der Waals surface area contributed by atoms with E-state index in [-0.39, 0.29) is 0 Å². The highest BCUT2D eigenvalue weighted by molar-refractivity contribution is 7.18. The highest BCUT2D eigenvalue weighted by atomic mass is 35.5. The minimum absolute atomic E-state index is 0.496. The summed E-state index contributed by atoms with van der Waals surface area (Å²) in [7, 11) is 0. The van der Waals surface area contributed by atoms with Gasteiger partial charge >= 0.3 is 0 Å². The molecule has 2 heterocycles. The molecule has 0 aliphatic heterocycles. The van der Waals surface area contributed by atoms with Gasteiger partial charge in [0, 0.05) is 16.5 Å². The van der Waals surface area contributed by atoms with Crippen LogP contribution >= 0.6 is 22.9 Å². The predicted octanol–water partition coefficient (Wildman–Crippen LogP) is 4.41. The Morgan fingerprint density at radius 2 is 2.05 bits per heavy atom. The standard InChI is InChI=1S/C14H11ClN2OS/c1-2-18-11-6-4-3-5-9(11)10-7-19-13-12(10)16-8-17-14(13)15/h3-8H,2H2,1H3. The summed E-state index contributed by atoms with van der Waals surface area (Å²) in [5, 5.41) is 2.54. The number of para-hydroxylation sites is 1. The number of thiophene rings is 1. The van der Waals surface area contributed by atoms with E-state index in [0.29, 0.717) is 11.8 Å². The van der Waals surface area contributed by atoms with Gasteiger partial charge in [0.1, 0.15) is 17.2 Å². The van der Waals surface area contributed by atoms with Crippen LogP contribution in [0.15, 0.2) is 36.0 Å². The first-order valence-electron chi connectivity index (χ1n) is 5.91. The number of ether oxygens (including phenoxy) is 1. The molecule has 0 saturated carbocycles. The van der Waals surface area contributed by atoms with Gasteiger partial charge in [0.2, 0.25) is 0 Å². The van der Waals surface area contributed by atoms with Crippen LogP contribution in [0.5, 0.6) is 5.75 Å². The number of fused-ring (bicyclic) bond motifs is 1. The second-order valence-corrected chi connectivity index (χ2v) is 5.16. The van der Waals surface area contributed by atoms with Gasteiger partial charge < -0.3 is 4.74 Å². The molecule has 0 saturated heterocycles. The predicted molar refractivity (Wildman–Crippen MR) is 79.0 cm³/mol. The summed E-state index contributed by atoms with van der Waals surface area (Å²) in [6, 6.07) is 7.95. The van der Waals surface area contributed by atoms with Crippen molar-refractivity contribution in [2.45, 2.75) is 6.92 Å². The van der Waals surface area contributed by atoms with Crippen molar-refractivity contribution in [2.24, 2.45) is 0 Å². The fraction of sp³-hybridized carbons (Fsp3) is 0.143. The molecular weight excluding hydrogens is 280 g/mol. The van der Waals surface area contributed by atoms with E-state index in [2.05, 4.69) is 9.97 Å². The summed E-state index contributed by atoms with van der Waals surface area (Å²) in [5.74, 6) is 0.861. The molecule has 0 bridgehead atoms. The van der Waals surface area contributed by atoms with Crippen molar-refractivity contribution < 1.29 is 4.74 Å². The Bertz CT molecular complexity index is 726. The number of halogens is 1. The van der Waals surface area contributed by atoms with Crippen molar-refractivity contribution in [1.82, 2.24) is 9.97 Å². The summed E-state index contributed by atoms with van der Waals surface area (Å²) in [5.41, 5.74) is 2.94. The monoisotopic (exact) mass is 290 g/mol. The fourth-order valence-electron chi connectivity index (χ4n) is 1.98. The summed E-state index contributed by atoms with van der Waals surface area (Å²) in [6.07, 6.45) is 1.49. The number of aromatic nitrogens is 2. The highest BCUT2D eigenvalue weighted by Gasteiger charge is 2.14. The minimum Gasteiger partial charge on any atom is -0.493 e. The lowest BCUT2D eigenvalue weighted by molar-refractivity contribution is 0.341. The van der Waals surface area contributed by atoms with E-state index in [1.807, 2.05) is 36.6 Å². The molecule has 0 aliphatic rings. The van der Waals surface area contributed by atoms with E-state index < -0.39 is 0 Å². The van der Waals surface area contributed by atoms with Crippen LogP contribution in [-0.4, -0.2) is 16.6 Å². The van der Waals surface area contributed by atoms with Crippen LogP contribution in [0, 0.1) is 0 Å². The number of nitrogens with zero attached hydrogens (tertiary/aromatic N) is 2. The van der Waals surface area contributed by atoms with Crippen LogP contribution in [0.3, 0.4) is 0 Å². The third-order valence-corrected chi connectivity index (χ3v) is 4.16. The third-order valence-electron chi connectivity index (χ3n) is 2.79. The van der Waals surface area contributed by atoms with Gasteiger partial charge in [-0.05, 0) is 13.0 Å². The zero-order valence-corrected chi connectivity index (χ0v) is 11.8. The first-order valence-corrected chi connectivity index (χ1v) is 7.17. The minimum atomic E-state index is 0.496. The van der Waals surface area contributed by atoms with Crippen molar-refractivity contribution in [3.05, 3.63) is 41.1 Å².